The lowest BCUT2D eigenvalue weighted by Crippen LogP contribution is -2.60. The molecule has 0 unspecified atom stereocenters. The molecule has 0 aromatic heterocycles. The zero-order valence-electron chi connectivity index (χ0n) is 19.5. The number of aryl methyl sites for hydroxylation is 1. The molecule has 2 heterocycles. The van der Waals surface area contributed by atoms with Gasteiger partial charge in [0.2, 0.25) is 11.8 Å². The van der Waals surface area contributed by atoms with E-state index < -0.39 is 0 Å². The molecule has 174 valence electrons. The minimum Gasteiger partial charge on any atom is -0.339 e. The van der Waals surface area contributed by atoms with Crippen molar-refractivity contribution in [2.75, 3.05) is 52.4 Å². The summed E-state index contributed by atoms with van der Waals surface area (Å²) >= 11 is 0. The van der Waals surface area contributed by atoms with Crippen LogP contribution in [0.1, 0.15) is 48.5 Å². The normalized spacial score (nSPS) is 21.6. The molecule has 0 radical (unpaired) electrons. The zero-order valence-corrected chi connectivity index (χ0v) is 19.5. The smallest absolute Gasteiger partial charge is 0.253 e. The molecule has 0 N–H and O–H groups in total. The van der Waals surface area contributed by atoms with Crippen molar-refractivity contribution in [1.82, 2.24) is 19.6 Å². The number of rotatable bonds is 4. The highest BCUT2D eigenvalue weighted by atomic mass is 16.2. The third-order valence-corrected chi connectivity index (χ3v) is 7.43. The minimum atomic E-state index is -0.0991. The summed E-state index contributed by atoms with van der Waals surface area (Å²) < 4.78 is 0. The molecule has 1 saturated carbocycles. The van der Waals surface area contributed by atoms with E-state index in [0.29, 0.717) is 45.2 Å². The highest BCUT2D eigenvalue weighted by molar-refractivity contribution is 5.94. The molecule has 7 nitrogen and oxygen atoms in total. The molecule has 3 aliphatic rings. The van der Waals surface area contributed by atoms with Gasteiger partial charge in [0.25, 0.3) is 5.91 Å². The van der Waals surface area contributed by atoms with E-state index in [1.807, 2.05) is 45.9 Å². The first-order chi connectivity index (χ1) is 15.4. The van der Waals surface area contributed by atoms with E-state index in [-0.39, 0.29) is 23.8 Å². The molecule has 3 amide bonds. The Morgan fingerprint density at radius 1 is 0.781 bits per heavy atom. The lowest BCUT2D eigenvalue weighted by Gasteiger charge is -2.44. The summed E-state index contributed by atoms with van der Waals surface area (Å²) in [6.45, 7) is 8.87. The maximum Gasteiger partial charge on any atom is 0.253 e. The summed E-state index contributed by atoms with van der Waals surface area (Å²) in [5.74, 6) is 0.777. The van der Waals surface area contributed by atoms with E-state index in [9.17, 15) is 14.4 Å². The molecule has 4 rings (SSSR count). The van der Waals surface area contributed by atoms with Crippen molar-refractivity contribution in [2.45, 2.75) is 45.6 Å². The Labute approximate surface area is 191 Å². The highest BCUT2D eigenvalue weighted by Crippen LogP contribution is 2.32. The van der Waals surface area contributed by atoms with Crippen molar-refractivity contribution >= 4 is 17.7 Å². The Hall–Kier alpha value is -2.41. The van der Waals surface area contributed by atoms with Crippen LogP contribution in [-0.4, -0.2) is 95.7 Å². The molecule has 32 heavy (non-hydrogen) atoms. The maximum atomic E-state index is 13.6. The molecule has 1 aromatic rings. The van der Waals surface area contributed by atoms with Crippen molar-refractivity contribution in [3.05, 3.63) is 35.4 Å². The predicted molar refractivity (Wildman–Crippen MR) is 123 cm³/mol. The topological polar surface area (TPSA) is 64.2 Å². The van der Waals surface area contributed by atoms with Crippen LogP contribution >= 0.6 is 0 Å². The number of carbonyl (C=O) groups is 3. The Kier molecular flexibility index (Phi) is 7.13. The van der Waals surface area contributed by atoms with E-state index in [0.717, 1.165) is 37.1 Å². The summed E-state index contributed by atoms with van der Waals surface area (Å²) in [4.78, 5) is 46.2. The third kappa shape index (κ3) is 4.98. The van der Waals surface area contributed by atoms with E-state index in [1.165, 1.54) is 12.8 Å². The first-order valence-corrected chi connectivity index (χ1v) is 12.1. The molecule has 1 aromatic carbocycles. The SMILES string of the molecule is CC(=O)N1CCN(C(=O)[C@H](C2CCCC2)N2CCN(C(=O)c3ccc(C)cc3)CC2)CC1. The number of hydrogen-bond donors (Lipinski definition) is 0. The summed E-state index contributed by atoms with van der Waals surface area (Å²) in [5, 5.41) is 0. The van der Waals surface area contributed by atoms with Gasteiger partial charge in [-0.15, -0.1) is 0 Å². The monoisotopic (exact) mass is 440 g/mol. The molecule has 1 aliphatic carbocycles. The lowest BCUT2D eigenvalue weighted by molar-refractivity contribution is -0.144. The fraction of sp³-hybridized carbons (Fsp3) is 0.640. The van der Waals surface area contributed by atoms with Gasteiger partial charge in [-0.3, -0.25) is 19.3 Å². The number of benzene rings is 1. The molecule has 3 fully saturated rings. The zero-order chi connectivity index (χ0) is 22.7. The summed E-state index contributed by atoms with van der Waals surface area (Å²) in [7, 11) is 0. The molecule has 0 bridgehead atoms. The Morgan fingerprint density at radius 2 is 1.31 bits per heavy atom. The van der Waals surface area contributed by atoms with Gasteiger partial charge in [0.05, 0.1) is 6.04 Å². The summed E-state index contributed by atoms with van der Waals surface area (Å²) in [6.07, 6.45) is 4.59. The maximum absolute atomic E-state index is 13.6. The number of piperazine rings is 2. The fourth-order valence-electron chi connectivity index (χ4n) is 5.44. The van der Waals surface area contributed by atoms with Crippen LogP contribution in [-0.2, 0) is 9.59 Å². The second kappa shape index (κ2) is 10.0. The van der Waals surface area contributed by atoms with E-state index in [2.05, 4.69) is 4.90 Å². The number of nitrogens with zero attached hydrogens (tertiary/aromatic N) is 4. The van der Waals surface area contributed by atoms with Crippen molar-refractivity contribution in [3.63, 3.8) is 0 Å². The second-order valence-corrected chi connectivity index (χ2v) is 9.51. The van der Waals surface area contributed by atoms with Crippen LogP contribution in [0, 0.1) is 12.8 Å². The van der Waals surface area contributed by atoms with Gasteiger partial charge < -0.3 is 14.7 Å². The van der Waals surface area contributed by atoms with Gasteiger partial charge in [-0.25, -0.2) is 0 Å². The standard InChI is InChI=1S/C25H36N4O3/c1-19-7-9-22(10-8-19)24(31)28-17-13-27(14-18-28)23(21-5-3-4-6-21)25(32)29-15-11-26(12-16-29)20(2)30/h7-10,21,23H,3-6,11-18H2,1-2H3/t23-/m0/s1. The second-order valence-electron chi connectivity index (χ2n) is 9.51. The van der Waals surface area contributed by atoms with Crippen molar-refractivity contribution in [1.29, 1.82) is 0 Å². The van der Waals surface area contributed by atoms with Crippen molar-refractivity contribution < 1.29 is 14.4 Å². The predicted octanol–water partition coefficient (Wildman–Crippen LogP) is 2.00. The van der Waals surface area contributed by atoms with Gasteiger partial charge in [-0.2, -0.15) is 0 Å². The average molecular weight is 441 g/mol. The lowest BCUT2D eigenvalue weighted by atomic mass is 9.94. The van der Waals surface area contributed by atoms with Crippen LogP contribution in [0.3, 0.4) is 0 Å². The van der Waals surface area contributed by atoms with Crippen LogP contribution < -0.4 is 0 Å². The molecule has 0 spiro atoms. The fourth-order valence-corrected chi connectivity index (χ4v) is 5.44. The van der Waals surface area contributed by atoms with Crippen molar-refractivity contribution in [3.8, 4) is 0 Å². The van der Waals surface area contributed by atoms with Gasteiger partial charge >= 0.3 is 0 Å². The Balaban J connectivity index is 1.40. The van der Waals surface area contributed by atoms with Gasteiger partial charge in [0.1, 0.15) is 0 Å². The van der Waals surface area contributed by atoms with E-state index in [4.69, 9.17) is 0 Å². The minimum absolute atomic E-state index is 0.0775. The highest BCUT2D eigenvalue weighted by Gasteiger charge is 2.40. The van der Waals surface area contributed by atoms with Crippen molar-refractivity contribution in [2.24, 2.45) is 5.92 Å². The molecule has 2 aliphatic heterocycles. The van der Waals surface area contributed by atoms with Gasteiger partial charge in [-0.05, 0) is 37.8 Å². The summed E-state index contributed by atoms with van der Waals surface area (Å²) in [6, 6.07) is 7.65. The Bertz CT molecular complexity index is 818. The average Bonchev–Trinajstić information content (AvgIpc) is 3.34. The number of amides is 3. The first-order valence-electron chi connectivity index (χ1n) is 12.1. The van der Waals surface area contributed by atoms with Crippen LogP contribution in [0.5, 0.6) is 0 Å². The number of hydrogen-bond acceptors (Lipinski definition) is 4. The molecule has 2 saturated heterocycles. The van der Waals surface area contributed by atoms with E-state index >= 15 is 0 Å². The van der Waals surface area contributed by atoms with E-state index in [1.54, 1.807) is 6.92 Å². The van der Waals surface area contributed by atoms with Crippen LogP contribution in [0.15, 0.2) is 24.3 Å². The van der Waals surface area contributed by atoms with Gasteiger partial charge in [0, 0.05) is 64.8 Å². The number of carbonyl (C=O) groups excluding carboxylic acids is 3. The van der Waals surface area contributed by atoms with Gasteiger partial charge in [0.15, 0.2) is 0 Å². The molecule has 7 heteroatoms. The molecular weight excluding hydrogens is 404 g/mol. The quantitative estimate of drug-likeness (QED) is 0.719. The summed E-state index contributed by atoms with van der Waals surface area (Å²) in [5.41, 5.74) is 1.88. The molecule has 1 atom stereocenters. The first kappa shape index (κ1) is 22.8. The molecular formula is C25H36N4O3. The van der Waals surface area contributed by atoms with Gasteiger partial charge in [-0.1, -0.05) is 30.5 Å². The third-order valence-electron chi connectivity index (χ3n) is 7.43. The van der Waals surface area contributed by atoms with Crippen LogP contribution in [0.25, 0.3) is 0 Å². The largest absolute Gasteiger partial charge is 0.339 e. The Morgan fingerprint density at radius 3 is 1.88 bits per heavy atom. The van der Waals surface area contributed by atoms with Crippen LogP contribution in [0.4, 0.5) is 0 Å². The van der Waals surface area contributed by atoms with Crippen LogP contribution in [0.2, 0.25) is 0 Å².